The van der Waals surface area contributed by atoms with Crippen molar-refractivity contribution in [3.8, 4) is 0 Å². The number of hydrogen-bond acceptors (Lipinski definition) is 2. The second-order valence-electron chi connectivity index (χ2n) is 6.95. The summed E-state index contributed by atoms with van der Waals surface area (Å²) in [6.45, 7) is 0.133. The van der Waals surface area contributed by atoms with Crippen LogP contribution in [0.1, 0.15) is 63.4 Å². The highest BCUT2D eigenvalue weighted by molar-refractivity contribution is 5.45. The van der Waals surface area contributed by atoms with Crippen molar-refractivity contribution in [3.05, 3.63) is 29.8 Å². The third kappa shape index (κ3) is 3.79. The van der Waals surface area contributed by atoms with Gasteiger partial charge in [0.2, 0.25) is 0 Å². The van der Waals surface area contributed by atoms with Crippen LogP contribution in [0.2, 0.25) is 0 Å². The van der Waals surface area contributed by atoms with Crippen LogP contribution in [0, 0.1) is 11.8 Å². The molecule has 0 spiro atoms. The zero-order valence-corrected chi connectivity index (χ0v) is 13.1. The fourth-order valence-corrected chi connectivity index (χ4v) is 4.39. The van der Waals surface area contributed by atoms with E-state index < -0.39 is 0 Å². The summed E-state index contributed by atoms with van der Waals surface area (Å²) >= 11 is 0. The Balaban J connectivity index is 1.65. The van der Waals surface area contributed by atoms with Crippen LogP contribution in [0.3, 0.4) is 0 Å². The summed E-state index contributed by atoms with van der Waals surface area (Å²) in [7, 11) is 0. The minimum Gasteiger partial charge on any atom is -0.392 e. The normalized spacial score (nSPS) is 27.5. The van der Waals surface area contributed by atoms with Crippen LogP contribution in [-0.4, -0.2) is 11.1 Å². The SMILES string of the molecule is OCc1ccc(NC2CCCCC2C2CCCCC2)cc1. The van der Waals surface area contributed by atoms with Gasteiger partial charge < -0.3 is 10.4 Å². The first-order chi connectivity index (χ1) is 10.4. The number of aliphatic hydroxyl groups excluding tert-OH is 1. The largest absolute Gasteiger partial charge is 0.392 e. The van der Waals surface area contributed by atoms with Crippen molar-refractivity contribution in [2.75, 3.05) is 5.32 Å². The molecule has 0 heterocycles. The van der Waals surface area contributed by atoms with Crippen LogP contribution < -0.4 is 5.32 Å². The number of benzene rings is 1. The van der Waals surface area contributed by atoms with Crippen LogP contribution in [0.25, 0.3) is 0 Å². The zero-order chi connectivity index (χ0) is 14.5. The van der Waals surface area contributed by atoms with Crippen molar-refractivity contribution in [2.45, 2.75) is 70.4 Å². The van der Waals surface area contributed by atoms with E-state index >= 15 is 0 Å². The molecule has 2 N–H and O–H groups in total. The summed E-state index contributed by atoms with van der Waals surface area (Å²) in [6, 6.07) is 8.96. The average molecular weight is 287 g/mol. The van der Waals surface area contributed by atoms with Gasteiger partial charge in [-0.05, 0) is 42.4 Å². The van der Waals surface area contributed by atoms with E-state index in [1.165, 1.54) is 63.5 Å². The molecule has 2 heteroatoms. The summed E-state index contributed by atoms with van der Waals surface area (Å²) in [6.07, 6.45) is 12.8. The van der Waals surface area contributed by atoms with Crippen molar-refractivity contribution in [1.82, 2.24) is 0 Å². The Kier molecular flexibility index (Phi) is 5.18. The summed E-state index contributed by atoms with van der Waals surface area (Å²) in [5.74, 6) is 1.82. The summed E-state index contributed by atoms with van der Waals surface area (Å²) in [5, 5.41) is 12.9. The Morgan fingerprint density at radius 3 is 2.24 bits per heavy atom. The monoisotopic (exact) mass is 287 g/mol. The molecule has 2 fully saturated rings. The van der Waals surface area contributed by atoms with E-state index in [1.54, 1.807) is 0 Å². The van der Waals surface area contributed by atoms with E-state index in [2.05, 4.69) is 17.4 Å². The molecule has 0 aliphatic heterocycles. The summed E-state index contributed by atoms with van der Waals surface area (Å²) in [5.41, 5.74) is 2.22. The first kappa shape index (κ1) is 14.9. The minimum absolute atomic E-state index is 0.133. The number of hydrogen-bond donors (Lipinski definition) is 2. The molecule has 0 aromatic heterocycles. The molecule has 2 saturated carbocycles. The maximum Gasteiger partial charge on any atom is 0.0681 e. The standard InChI is InChI=1S/C19H29NO/c21-14-15-10-12-17(13-11-15)20-19-9-5-4-8-18(19)16-6-2-1-3-7-16/h10-13,16,18-21H,1-9,14H2. The smallest absolute Gasteiger partial charge is 0.0681 e. The van der Waals surface area contributed by atoms with Crippen LogP contribution in [0.15, 0.2) is 24.3 Å². The molecule has 2 aliphatic rings. The van der Waals surface area contributed by atoms with Gasteiger partial charge in [-0.1, -0.05) is 57.1 Å². The highest BCUT2D eigenvalue weighted by atomic mass is 16.3. The van der Waals surface area contributed by atoms with E-state index in [9.17, 15) is 0 Å². The maximum atomic E-state index is 9.14. The third-order valence-corrected chi connectivity index (χ3v) is 5.56. The minimum atomic E-state index is 0.133. The molecule has 0 saturated heterocycles. The van der Waals surface area contributed by atoms with Crippen molar-refractivity contribution in [3.63, 3.8) is 0 Å². The second-order valence-corrected chi connectivity index (χ2v) is 6.95. The quantitative estimate of drug-likeness (QED) is 0.839. The fourth-order valence-electron chi connectivity index (χ4n) is 4.39. The van der Waals surface area contributed by atoms with Crippen LogP contribution in [0.4, 0.5) is 5.69 Å². The highest BCUT2D eigenvalue weighted by Gasteiger charge is 2.32. The lowest BCUT2D eigenvalue weighted by atomic mass is 9.71. The zero-order valence-electron chi connectivity index (χ0n) is 13.1. The lowest BCUT2D eigenvalue weighted by Crippen LogP contribution is -2.37. The van der Waals surface area contributed by atoms with E-state index in [4.69, 9.17) is 5.11 Å². The molecule has 21 heavy (non-hydrogen) atoms. The van der Waals surface area contributed by atoms with Gasteiger partial charge in [-0.3, -0.25) is 0 Å². The number of rotatable bonds is 4. The molecule has 1 aromatic carbocycles. The molecule has 2 nitrogen and oxygen atoms in total. The Labute approximate surface area is 129 Å². The van der Waals surface area contributed by atoms with Crippen molar-refractivity contribution < 1.29 is 5.11 Å². The molecule has 2 unspecified atom stereocenters. The fraction of sp³-hybridized carbons (Fsp3) is 0.684. The Hall–Kier alpha value is -1.02. The van der Waals surface area contributed by atoms with Crippen LogP contribution in [0.5, 0.6) is 0 Å². The molecule has 3 rings (SSSR count). The van der Waals surface area contributed by atoms with E-state index in [0.717, 1.165) is 17.4 Å². The highest BCUT2D eigenvalue weighted by Crippen LogP contribution is 2.39. The topological polar surface area (TPSA) is 32.3 Å². The summed E-state index contributed by atoms with van der Waals surface area (Å²) in [4.78, 5) is 0. The molecule has 1 aromatic rings. The number of nitrogens with one attached hydrogen (secondary N) is 1. The van der Waals surface area contributed by atoms with E-state index in [-0.39, 0.29) is 6.61 Å². The van der Waals surface area contributed by atoms with Gasteiger partial charge in [0, 0.05) is 11.7 Å². The van der Waals surface area contributed by atoms with Gasteiger partial charge in [-0.15, -0.1) is 0 Å². The van der Waals surface area contributed by atoms with Crippen molar-refractivity contribution >= 4 is 5.69 Å². The van der Waals surface area contributed by atoms with Gasteiger partial charge in [-0.2, -0.15) is 0 Å². The lowest BCUT2D eigenvalue weighted by Gasteiger charge is -2.39. The van der Waals surface area contributed by atoms with Gasteiger partial charge in [0.05, 0.1) is 6.61 Å². The van der Waals surface area contributed by atoms with E-state index in [1.807, 2.05) is 12.1 Å². The van der Waals surface area contributed by atoms with Crippen molar-refractivity contribution in [1.29, 1.82) is 0 Å². The molecule has 0 radical (unpaired) electrons. The van der Waals surface area contributed by atoms with Gasteiger partial charge in [0.25, 0.3) is 0 Å². The van der Waals surface area contributed by atoms with Gasteiger partial charge in [0.1, 0.15) is 0 Å². The molecule has 116 valence electrons. The van der Waals surface area contributed by atoms with Gasteiger partial charge in [-0.25, -0.2) is 0 Å². The molecule has 0 amide bonds. The Bertz CT molecular complexity index is 422. The first-order valence-electron chi connectivity index (χ1n) is 8.83. The first-order valence-corrected chi connectivity index (χ1v) is 8.83. The second kappa shape index (κ2) is 7.31. The molecule has 0 bridgehead atoms. The van der Waals surface area contributed by atoms with Gasteiger partial charge in [0.15, 0.2) is 0 Å². The number of anilines is 1. The van der Waals surface area contributed by atoms with Crippen LogP contribution >= 0.6 is 0 Å². The molecule has 2 atom stereocenters. The average Bonchev–Trinajstić information content (AvgIpc) is 2.57. The molecule has 2 aliphatic carbocycles. The van der Waals surface area contributed by atoms with Gasteiger partial charge >= 0.3 is 0 Å². The van der Waals surface area contributed by atoms with Crippen LogP contribution in [-0.2, 0) is 6.61 Å². The van der Waals surface area contributed by atoms with Crippen molar-refractivity contribution in [2.24, 2.45) is 11.8 Å². The lowest BCUT2D eigenvalue weighted by molar-refractivity contribution is 0.180. The third-order valence-electron chi connectivity index (χ3n) is 5.56. The molecular formula is C19H29NO. The predicted octanol–water partition coefficient (Wildman–Crippen LogP) is 4.73. The maximum absolute atomic E-state index is 9.14. The number of aliphatic hydroxyl groups is 1. The Morgan fingerprint density at radius 1 is 0.857 bits per heavy atom. The Morgan fingerprint density at radius 2 is 1.52 bits per heavy atom. The molecular weight excluding hydrogens is 258 g/mol. The predicted molar refractivity (Wildman–Crippen MR) is 88.3 cm³/mol. The summed E-state index contributed by atoms with van der Waals surface area (Å²) < 4.78 is 0. The van der Waals surface area contributed by atoms with E-state index in [0.29, 0.717) is 6.04 Å².